The van der Waals surface area contributed by atoms with E-state index in [1.807, 2.05) is 24.4 Å². The molecule has 2 aromatic rings. The lowest BCUT2D eigenvalue weighted by Gasteiger charge is -2.18. The van der Waals surface area contributed by atoms with Crippen molar-refractivity contribution in [3.63, 3.8) is 0 Å². The van der Waals surface area contributed by atoms with Gasteiger partial charge in [-0.1, -0.05) is 17.8 Å². The fourth-order valence-corrected chi connectivity index (χ4v) is 3.97. The van der Waals surface area contributed by atoms with E-state index in [1.165, 1.54) is 28.0 Å². The number of carbonyl (C=O) groups is 2. The maximum absolute atomic E-state index is 13.0. The van der Waals surface area contributed by atoms with Gasteiger partial charge in [0.2, 0.25) is 0 Å². The Kier molecular flexibility index (Phi) is 6.89. The normalized spacial score (nSPS) is 15.1. The van der Waals surface area contributed by atoms with E-state index in [9.17, 15) is 9.59 Å². The molecule has 1 aliphatic heterocycles. The summed E-state index contributed by atoms with van der Waals surface area (Å²) >= 11 is 2.71. The minimum absolute atomic E-state index is 0.0831. The van der Waals surface area contributed by atoms with Crippen molar-refractivity contribution < 1.29 is 19.1 Å². The number of esters is 1. The minimum Gasteiger partial charge on any atom is -0.494 e. The number of carbonyl (C=O) groups excluding carboxylic acids is 2. The summed E-state index contributed by atoms with van der Waals surface area (Å²) in [6.45, 7) is 4.55. The first kappa shape index (κ1) is 20.2. The van der Waals surface area contributed by atoms with Gasteiger partial charge in [0.05, 0.1) is 24.7 Å². The third kappa shape index (κ3) is 4.82. The molecule has 0 radical (unpaired) electrons. The van der Waals surface area contributed by atoms with Gasteiger partial charge < -0.3 is 9.47 Å². The molecule has 1 aromatic carbocycles. The smallest absolute Gasteiger partial charge is 0.316 e. The SMILES string of the molecule is CCOC(=O)CSC1=NC(=Cc2cccs2)C(=O)N1c1ccc(OCC)cc1. The zero-order valence-electron chi connectivity index (χ0n) is 15.6. The first-order chi connectivity index (χ1) is 13.6. The molecule has 0 saturated heterocycles. The van der Waals surface area contributed by atoms with Crippen molar-refractivity contribution in [2.75, 3.05) is 23.9 Å². The zero-order valence-corrected chi connectivity index (χ0v) is 17.2. The molecule has 0 unspecified atom stereocenters. The molecule has 0 atom stereocenters. The zero-order chi connectivity index (χ0) is 19.9. The monoisotopic (exact) mass is 416 g/mol. The van der Waals surface area contributed by atoms with Crippen LogP contribution in [0.25, 0.3) is 6.08 Å². The van der Waals surface area contributed by atoms with E-state index < -0.39 is 0 Å². The average Bonchev–Trinajstić information content (AvgIpc) is 3.30. The van der Waals surface area contributed by atoms with Crippen LogP contribution < -0.4 is 9.64 Å². The van der Waals surface area contributed by atoms with Crippen LogP contribution >= 0.6 is 23.1 Å². The number of benzene rings is 1. The molecular formula is C20H20N2O4S2. The highest BCUT2D eigenvalue weighted by atomic mass is 32.2. The maximum atomic E-state index is 13.0. The molecule has 0 spiro atoms. The highest BCUT2D eigenvalue weighted by Gasteiger charge is 2.32. The summed E-state index contributed by atoms with van der Waals surface area (Å²) in [4.78, 5) is 31.7. The molecule has 6 nitrogen and oxygen atoms in total. The second-order valence-corrected chi connectivity index (χ2v) is 7.52. The molecule has 0 N–H and O–H groups in total. The first-order valence-corrected chi connectivity index (χ1v) is 10.7. The maximum Gasteiger partial charge on any atom is 0.316 e. The lowest BCUT2D eigenvalue weighted by Crippen LogP contribution is -2.30. The highest BCUT2D eigenvalue weighted by Crippen LogP contribution is 2.31. The van der Waals surface area contributed by atoms with Crippen LogP contribution in [0.2, 0.25) is 0 Å². The van der Waals surface area contributed by atoms with Gasteiger partial charge in [0, 0.05) is 4.88 Å². The molecule has 1 aromatic heterocycles. The Labute approximate surface area is 171 Å². The van der Waals surface area contributed by atoms with Crippen molar-refractivity contribution in [3.05, 3.63) is 52.4 Å². The Bertz CT molecular complexity index is 889. The van der Waals surface area contributed by atoms with Crippen molar-refractivity contribution in [1.82, 2.24) is 0 Å². The van der Waals surface area contributed by atoms with Crippen molar-refractivity contribution in [2.45, 2.75) is 13.8 Å². The summed E-state index contributed by atoms with van der Waals surface area (Å²) in [5.41, 5.74) is 1.00. The molecule has 1 amide bonds. The fourth-order valence-electron chi connectivity index (χ4n) is 2.51. The standard InChI is InChI=1S/C20H20N2O4S2/c1-3-25-15-9-7-14(8-10-15)22-19(24)17(12-16-6-5-11-27-16)21-20(22)28-13-18(23)26-4-2/h5-12H,3-4,13H2,1-2H3. The van der Waals surface area contributed by atoms with E-state index in [1.54, 1.807) is 37.3 Å². The number of nitrogens with zero attached hydrogens (tertiary/aromatic N) is 2. The van der Waals surface area contributed by atoms with Crippen LogP contribution in [0.5, 0.6) is 5.75 Å². The lowest BCUT2D eigenvalue weighted by atomic mass is 10.2. The number of rotatable bonds is 7. The Balaban J connectivity index is 1.87. The molecule has 28 heavy (non-hydrogen) atoms. The van der Waals surface area contributed by atoms with Gasteiger partial charge in [-0.3, -0.25) is 14.5 Å². The summed E-state index contributed by atoms with van der Waals surface area (Å²) in [5.74, 6) is 0.235. The largest absolute Gasteiger partial charge is 0.494 e. The number of hydrogen-bond donors (Lipinski definition) is 0. The fraction of sp³-hybridized carbons (Fsp3) is 0.250. The van der Waals surface area contributed by atoms with Gasteiger partial charge in [-0.25, -0.2) is 4.99 Å². The highest BCUT2D eigenvalue weighted by molar-refractivity contribution is 8.14. The summed E-state index contributed by atoms with van der Waals surface area (Å²) in [5, 5.41) is 2.39. The molecule has 0 aliphatic carbocycles. The Morgan fingerprint density at radius 2 is 2.00 bits per heavy atom. The number of thiophene rings is 1. The molecule has 1 aliphatic rings. The molecule has 3 rings (SSSR count). The average molecular weight is 417 g/mol. The minimum atomic E-state index is -0.343. The van der Waals surface area contributed by atoms with Crippen LogP contribution in [0, 0.1) is 0 Å². The van der Waals surface area contributed by atoms with Crippen LogP contribution in [0.1, 0.15) is 18.7 Å². The van der Waals surface area contributed by atoms with Gasteiger partial charge >= 0.3 is 5.97 Å². The first-order valence-electron chi connectivity index (χ1n) is 8.82. The Hall–Kier alpha value is -2.58. The van der Waals surface area contributed by atoms with E-state index in [0.717, 1.165) is 10.6 Å². The Morgan fingerprint density at radius 3 is 2.64 bits per heavy atom. The van der Waals surface area contributed by atoms with Crippen LogP contribution in [0.15, 0.2) is 52.5 Å². The topological polar surface area (TPSA) is 68.2 Å². The van der Waals surface area contributed by atoms with E-state index in [0.29, 0.717) is 29.8 Å². The summed E-state index contributed by atoms with van der Waals surface area (Å²) in [7, 11) is 0. The van der Waals surface area contributed by atoms with Gasteiger partial charge in [0.25, 0.3) is 5.91 Å². The van der Waals surface area contributed by atoms with E-state index in [2.05, 4.69) is 4.99 Å². The molecule has 146 valence electrons. The summed E-state index contributed by atoms with van der Waals surface area (Å²) < 4.78 is 10.4. The molecule has 2 heterocycles. The van der Waals surface area contributed by atoms with Crippen LogP contribution in [-0.4, -0.2) is 36.0 Å². The van der Waals surface area contributed by atoms with Crippen LogP contribution in [0.3, 0.4) is 0 Å². The van der Waals surface area contributed by atoms with Gasteiger partial charge in [0.1, 0.15) is 11.4 Å². The van der Waals surface area contributed by atoms with Gasteiger partial charge in [-0.15, -0.1) is 11.3 Å². The second kappa shape index (κ2) is 9.57. The van der Waals surface area contributed by atoms with E-state index in [-0.39, 0.29) is 17.6 Å². The Morgan fingerprint density at radius 1 is 1.21 bits per heavy atom. The predicted octanol–water partition coefficient (Wildman–Crippen LogP) is 4.19. The van der Waals surface area contributed by atoms with Crippen LogP contribution in [0.4, 0.5) is 5.69 Å². The summed E-state index contributed by atoms with van der Waals surface area (Å²) in [6, 6.07) is 11.1. The number of amides is 1. The summed E-state index contributed by atoms with van der Waals surface area (Å²) in [6.07, 6.45) is 1.76. The number of ether oxygens (including phenoxy) is 2. The third-order valence-electron chi connectivity index (χ3n) is 3.68. The number of hydrogen-bond acceptors (Lipinski definition) is 7. The second-order valence-electron chi connectivity index (χ2n) is 5.60. The van der Waals surface area contributed by atoms with Crippen molar-refractivity contribution in [2.24, 2.45) is 4.99 Å². The van der Waals surface area contributed by atoms with Crippen molar-refractivity contribution >= 4 is 51.9 Å². The van der Waals surface area contributed by atoms with Gasteiger partial charge in [0.15, 0.2) is 5.17 Å². The molecule has 8 heteroatoms. The molecule has 0 saturated carbocycles. The molecular weight excluding hydrogens is 396 g/mol. The van der Waals surface area contributed by atoms with E-state index >= 15 is 0 Å². The number of thioether (sulfide) groups is 1. The van der Waals surface area contributed by atoms with Crippen molar-refractivity contribution in [3.8, 4) is 5.75 Å². The third-order valence-corrected chi connectivity index (χ3v) is 5.41. The predicted molar refractivity (Wildman–Crippen MR) is 114 cm³/mol. The quantitative estimate of drug-likeness (QED) is 0.500. The lowest BCUT2D eigenvalue weighted by molar-refractivity contribution is -0.139. The number of amidine groups is 1. The van der Waals surface area contributed by atoms with E-state index in [4.69, 9.17) is 9.47 Å². The molecule has 0 bridgehead atoms. The number of aliphatic imine (C=N–C) groups is 1. The van der Waals surface area contributed by atoms with Gasteiger partial charge in [-0.05, 0) is 55.6 Å². The van der Waals surface area contributed by atoms with Crippen LogP contribution in [-0.2, 0) is 14.3 Å². The number of anilines is 1. The molecule has 0 fully saturated rings. The van der Waals surface area contributed by atoms with Crippen molar-refractivity contribution in [1.29, 1.82) is 0 Å². The van der Waals surface area contributed by atoms with Gasteiger partial charge in [-0.2, -0.15) is 0 Å².